The molecule has 0 aliphatic heterocycles. The molecule has 4 nitrogen and oxygen atoms in total. The van der Waals surface area contributed by atoms with Crippen LogP contribution in [0.4, 0.5) is 5.13 Å². The molecule has 6 heteroatoms. The quantitative estimate of drug-likeness (QED) is 0.724. The summed E-state index contributed by atoms with van der Waals surface area (Å²) in [5.41, 5.74) is 2.34. The van der Waals surface area contributed by atoms with Crippen molar-refractivity contribution in [1.29, 1.82) is 0 Å². The van der Waals surface area contributed by atoms with Gasteiger partial charge in [-0.15, -0.1) is 11.3 Å². The second kappa shape index (κ2) is 8.48. The molecule has 0 saturated carbocycles. The fourth-order valence-corrected chi connectivity index (χ4v) is 3.16. The molecule has 1 heterocycles. The van der Waals surface area contributed by atoms with E-state index in [4.69, 9.17) is 4.74 Å². The third-order valence-electron chi connectivity index (χ3n) is 2.96. The van der Waals surface area contributed by atoms with Gasteiger partial charge in [0.1, 0.15) is 0 Å². The highest BCUT2D eigenvalue weighted by molar-refractivity contribution is 9.10. The van der Waals surface area contributed by atoms with Gasteiger partial charge in [0.25, 0.3) is 0 Å². The molecular formula is C15H20BrN3OS. The maximum atomic E-state index is 5.01. The third kappa shape index (κ3) is 5.39. The maximum Gasteiger partial charge on any atom is 0.185 e. The zero-order chi connectivity index (χ0) is 15.1. The van der Waals surface area contributed by atoms with Crippen LogP contribution in [0.1, 0.15) is 11.3 Å². The maximum absolute atomic E-state index is 5.01. The van der Waals surface area contributed by atoms with E-state index in [-0.39, 0.29) is 0 Å². The van der Waals surface area contributed by atoms with Crippen molar-refractivity contribution in [3.05, 3.63) is 45.4 Å². The first-order chi connectivity index (χ1) is 10.2. The average Bonchev–Trinajstić information content (AvgIpc) is 2.93. The number of rotatable bonds is 8. The highest BCUT2D eigenvalue weighted by Crippen LogP contribution is 2.22. The molecule has 21 heavy (non-hydrogen) atoms. The van der Waals surface area contributed by atoms with Gasteiger partial charge in [0.2, 0.25) is 0 Å². The number of methoxy groups -OCH3 is 1. The number of halogens is 1. The number of nitrogens with one attached hydrogen (secondary N) is 1. The number of hydrogen-bond acceptors (Lipinski definition) is 5. The van der Waals surface area contributed by atoms with Crippen molar-refractivity contribution in [2.45, 2.75) is 13.1 Å². The molecule has 1 aromatic carbocycles. The summed E-state index contributed by atoms with van der Waals surface area (Å²) in [7, 11) is 3.78. The monoisotopic (exact) mass is 369 g/mol. The highest BCUT2D eigenvalue weighted by atomic mass is 79.9. The molecule has 0 saturated heterocycles. The van der Waals surface area contributed by atoms with E-state index in [9.17, 15) is 0 Å². The molecular weight excluding hydrogens is 350 g/mol. The summed E-state index contributed by atoms with van der Waals surface area (Å²) in [6.45, 7) is 3.20. The van der Waals surface area contributed by atoms with Crippen LogP contribution in [0.5, 0.6) is 0 Å². The van der Waals surface area contributed by atoms with Crippen LogP contribution in [0.2, 0.25) is 0 Å². The van der Waals surface area contributed by atoms with Crippen LogP contribution in [-0.2, 0) is 17.8 Å². The minimum absolute atomic E-state index is 0.722. The number of thiazole rings is 1. The Balaban J connectivity index is 1.88. The molecule has 0 fully saturated rings. The van der Waals surface area contributed by atoms with E-state index in [1.54, 1.807) is 18.4 Å². The van der Waals surface area contributed by atoms with Gasteiger partial charge in [-0.25, -0.2) is 4.98 Å². The van der Waals surface area contributed by atoms with Gasteiger partial charge < -0.3 is 15.0 Å². The Morgan fingerprint density at radius 2 is 2.29 bits per heavy atom. The van der Waals surface area contributed by atoms with Crippen molar-refractivity contribution in [2.24, 2.45) is 0 Å². The molecule has 0 radical (unpaired) electrons. The lowest BCUT2D eigenvalue weighted by Gasteiger charge is -2.15. The molecule has 2 aromatic rings. The van der Waals surface area contributed by atoms with Crippen LogP contribution in [0, 0.1) is 0 Å². The Labute approximate surface area is 138 Å². The van der Waals surface area contributed by atoms with Crippen molar-refractivity contribution in [2.75, 3.05) is 32.2 Å². The van der Waals surface area contributed by atoms with E-state index in [1.165, 1.54) is 5.56 Å². The molecule has 0 unspecified atom stereocenters. The van der Waals surface area contributed by atoms with Crippen molar-refractivity contribution in [1.82, 2.24) is 10.3 Å². The SMILES string of the molecule is COCCNCc1csc(N(C)Cc2cccc(Br)c2)n1. The second-order valence-corrected chi connectivity index (χ2v) is 6.53. The lowest BCUT2D eigenvalue weighted by Crippen LogP contribution is -2.19. The standard InChI is InChI=1S/C15H20BrN3OS/c1-19(10-12-4-3-5-13(16)8-12)15-18-14(11-21-15)9-17-6-7-20-2/h3-5,8,11,17H,6-7,9-10H2,1-2H3. The van der Waals surface area contributed by atoms with Crippen LogP contribution in [0.15, 0.2) is 34.1 Å². The van der Waals surface area contributed by atoms with Gasteiger partial charge in [0.15, 0.2) is 5.13 Å². The second-order valence-electron chi connectivity index (χ2n) is 4.78. The fraction of sp³-hybridized carbons (Fsp3) is 0.400. The average molecular weight is 370 g/mol. The van der Waals surface area contributed by atoms with Crippen LogP contribution in [0.3, 0.4) is 0 Å². The van der Waals surface area contributed by atoms with Gasteiger partial charge in [-0.3, -0.25) is 0 Å². The smallest absolute Gasteiger partial charge is 0.185 e. The van der Waals surface area contributed by atoms with Crippen molar-refractivity contribution >= 4 is 32.4 Å². The number of aromatic nitrogens is 1. The highest BCUT2D eigenvalue weighted by Gasteiger charge is 2.08. The summed E-state index contributed by atoms with van der Waals surface area (Å²) in [6.07, 6.45) is 0. The number of nitrogens with zero attached hydrogens (tertiary/aromatic N) is 2. The first-order valence-corrected chi connectivity index (χ1v) is 8.46. The summed E-state index contributed by atoms with van der Waals surface area (Å²) in [6, 6.07) is 8.36. The van der Waals surface area contributed by atoms with E-state index in [2.05, 4.69) is 61.8 Å². The number of hydrogen-bond donors (Lipinski definition) is 1. The Morgan fingerprint density at radius 1 is 1.43 bits per heavy atom. The molecule has 0 atom stereocenters. The molecule has 0 spiro atoms. The van der Waals surface area contributed by atoms with Gasteiger partial charge in [0, 0.05) is 43.6 Å². The summed E-state index contributed by atoms with van der Waals surface area (Å²) in [5.74, 6) is 0. The van der Waals surface area contributed by atoms with E-state index in [0.29, 0.717) is 0 Å². The number of ether oxygens (including phenoxy) is 1. The Bertz CT molecular complexity index is 561. The van der Waals surface area contributed by atoms with Crippen LogP contribution in [-0.4, -0.2) is 32.3 Å². The molecule has 114 valence electrons. The predicted octanol–water partition coefficient (Wildman–Crippen LogP) is 3.28. The predicted molar refractivity (Wildman–Crippen MR) is 91.9 cm³/mol. The summed E-state index contributed by atoms with van der Waals surface area (Å²) >= 11 is 5.18. The van der Waals surface area contributed by atoms with Gasteiger partial charge in [-0.2, -0.15) is 0 Å². The molecule has 1 aromatic heterocycles. The largest absolute Gasteiger partial charge is 0.383 e. The number of anilines is 1. The van der Waals surface area contributed by atoms with Gasteiger partial charge in [0.05, 0.1) is 12.3 Å². The summed E-state index contributed by atoms with van der Waals surface area (Å²) in [5, 5.41) is 6.45. The van der Waals surface area contributed by atoms with Crippen molar-refractivity contribution < 1.29 is 4.74 Å². The normalized spacial score (nSPS) is 10.8. The topological polar surface area (TPSA) is 37.4 Å². The van der Waals surface area contributed by atoms with Gasteiger partial charge >= 0.3 is 0 Å². The fourth-order valence-electron chi connectivity index (χ4n) is 1.92. The van der Waals surface area contributed by atoms with Crippen molar-refractivity contribution in [3.63, 3.8) is 0 Å². The third-order valence-corrected chi connectivity index (χ3v) is 4.46. The molecule has 0 bridgehead atoms. The van der Waals surface area contributed by atoms with E-state index < -0.39 is 0 Å². The first kappa shape index (κ1) is 16.4. The van der Waals surface area contributed by atoms with Gasteiger partial charge in [-0.1, -0.05) is 28.1 Å². The zero-order valence-corrected chi connectivity index (χ0v) is 14.7. The Morgan fingerprint density at radius 3 is 3.05 bits per heavy atom. The van der Waals surface area contributed by atoms with Crippen LogP contribution in [0.25, 0.3) is 0 Å². The van der Waals surface area contributed by atoms with E-state index >= 15 is 0 Å². The van der Waals surface area contributed by atoms with E-state index in [1.807, 2.05) is 6.07 Å². The molecule has 0 aliphatic carbocycles. The van der Waals surface area contributed by atoms with Crippen LogP contribution < -0.4 is 10.2 Å². The Kier molecular flexibility index (Phi) is 6.63. The molecule has 1 N–H and O–H groups in total. The lowest BCUT2D eigenvalue weighted by atomic mass is 10.2. The first-order valence-electron chi connectivity index (χ1n) is 6.78. The van der Waals surface area contributed by atoms with Crippen LogP contribution >= 0.6 is 27.3 Å². The van der Waals surface area contributed by atoms with Gasteiger partial charge in [-0.05, 0) is 17.7 Å². The molecule has 2 rings (SSSR count). The lowest BCUT2D eigenvalue weighted by molar-refractivity contribution is 0.199. The minimum atomic E-state index is 0.722. The summed E-state index contributed by atoms with van der Waals surface area (Å²) < 4.78 is 6.11. The number of benzene rings is 1. The zero-order valence-electron chi connectivity index (χ0n) is 12.3. The summed E-state index contributed by atoms with van der Waals surface area (Å²) in [4.78, 5) is 6.83. The molecule has 0 aliphatic rings. The molecule has 0 amide bonds. The van der Waals surface area contributed by atoms with Crippen molar-refractivity contribution in [3.8, 4) is 0 Å². The Hall–Kier alpha value is -0.950. The minimum Gasteiger partial charge on any atom is -0.383 e. The van der Waals surface area contributed by atoms with E-state index in [0.717, 1.165) is 41.5 Å².